The van der Waals surface area contributed by atoms with Gasteiger partial charge in [0.2, 0.25) is 0 Å². The topological polar surface area (TPSA) is 21.3 Å². The molecule has 0 unspecified atom stereocenters. The summed E-state index contributed by atoms with van der Waals surface area (Å²) in [5.41, 5.74) is 13.4. The van der Waals surface area contributed by atoms with Crippen LogP contribution < -0.4 is 4.90 Å². The van der Waals surface area contributed by atoms with Gasteiger partial charge in [0.15, 0.2) is 0 Å². The summed E-state index contributed by atoms with van der Waals surface area (Å²) >= 11 is 1.88. The maximum absolute atomic E-state index is 6.51. The summed E-state index contributed by atoms with van der Waals surface area (Å²) in [5.74, 6) is 0. The van der Waals surface area contributed by atoms with Gasteiger partial charge in [-0.05, 0) is 89.0 Å². The molecule has 3 aromatic heterocycles. The smallest absolute Gasteiger partial charge is 0.137 e. The maximum Gasteiger partial charge on any atom is 0.137 e. The van der Waals surface area contributed by atoms with Gasteiger partial charge in [-0.25, -0.2) is 0 Å². The van der Waals surface area contributed by atoms with Crippen LogP contribution in [0.3, 0.4) is 0 Å². The van der Waals surface area contributed by atoms with Crippen molar-refractivity contribution in [3.05, 3.63) is 206 Å². The monoisotopic (exact) mass is 758 g/mol. The first-order valence-corrected chi connectivity index (χ1v) is 20.5. The Labute approximate surface area is 338 Å². The molecule has 0 amide bonds. The van der Waals surface area contributed by atoms with E-state index in [4.69, 9.17) is 4.42 Å². The molecule has 0 atom stereocenters. The number of hydrogen-bond donors (Lipinski definition) is 0. The van der Waals surface area contributed by atoms with Gasteiger partial charge in [-0.15, -0.1) is 11.3 Å². The van der Waals surface area contributed by atoms with Crippen LogP contribution in [0.2, 0.25) is 0 Å². The van der Waals surface area contributed by atoms with Gasteiger partial charge in [0.05, 0.1) is 27.8 Å². The van der Waals surface area contributed by atoms with Crippen molar-refractivity contribution >= 4 is 92.3 Å². The number of rotatable bonds is 6. The van der Waals surface area contributed by atoms with Gasteiger partial charge in [-0.3, -0.25) is 0 Å². The Balaban J connectivity index is 1.14. The average Bonchev–Trinajstić information content (AvgIpc) is 3.98. The molecule has 12 aromatic rings. The normalized spacial score (nSPS) is 11.8. The highest BCUT2D eigenvalue weighted by atomic mass is 32.1. The third kappa shape index (κ3) is 5.05. The Morgan fingerprint density at radius 2 is 1.03 bits per heavy atom. The van der Waals surface area contributed by atoms with Crippen molar-refractivity contribution in [1.29, 1.82) is 0 Å². The van der Waals surface area contributed by atoms with Gasteiger partial charge < -0.3 is 13.9 Å². The molecule has 0 radical (unpaired) electrons. The molecule has 0 aliphatic carbocycles. The summed E-state index contributed by atoms with van der Waals surface area (Å²) in [6, 6.07) is 74.4. The first-order chi connectivity index (χ1) is 28.8. The van der Waals surface area contributed by atoms with Gasteiger partial charge in [-0.1, -0.05) is 140 Å². The standard InChI is InChI=1S/C54H34N2OS/c1-3-14-35(15-4-1)37-26-31-44-51(34-37)58-54-40(36-16-5-2-6-17-36)32-33-48(53(44)54)56(47-23-13-25-50-52(47)43-20-9-12-24-49(43)57-50)39-29-27-38(28-30-39)55-45-21-10-7-18-41(45)42-19-8-11-22-46(42)55/h1-34H. The van der Waals surface area contributed by atoms with E-state index < -0.39 is 0 Å². The summed E-state index contributed by atoms with van der Waals surface area (Å²) in [6.45, 7) is 0. The number of para-hydroxylation sites is 3. The molecule has 3 heterocycles. The molecule has 58 heavy (non-hydrogen) atoms. The van der Waals surface area contributed by atoms with Crippen LogP contribution in [0.15, 0.2) is 211 Å². The van der Waals surface area contributed by atoms with Crippen molar-refractivity contribution in [1.82, 2.24) is 4.57 Å². The molecular weight excluding hydrogens is 725 g/mol. The fourth-order valence-corrected chi connectivity index (χ4v) is 10.3. The minimum Gasteiger partial charge on any atom is -0.456 e. The van der Waals surface area contributed by atoms with E-state index in [1.807, 2.05) is 17.4 Å². The van der Waals surface area contributed by atoms with Crippen LogP contribution in [0.1, 0.15) is 0 Å². The minimum atomic E-state index is 0.866. The lowest BCUT2D eigenvalue weighted by Gasteiger charge is -2.28. The zero-order valence-electron chi connectivity index (χ0n) is 31.3. The Morgan fingerprint density at radius 1 is 0.414 bits per heavy atom. The van der Waals surface area contributed by atoms with E-state index in [2.05, 4.69) is 210 Å². The summed E-state index contributed by atoms with van der Waals surface area (Å²) in [4.78, 5) is 2.45. The fraction of sp³-hybridized carbons (Fsp3) is 0. The molecule has 12 rings (SSSR count). The minimum absolute atomic E-state index is 0.866. The molecule has 0 fully saturated rings. The van der Waals surface area contributed by atoms with E-state index in [9.17, 15) is 0 Å². The molecule has 9 aromatic carbocycles. The number of thiophene rings is 1. The number of aromatic nitrogens is 1. The summed E-state index contributed by atoms with van der Waals surface area (Å²) < 4.78 is 11.4. The van der Waals surface area contributed by atoms with Crippen molar-refractivity contribution in [3.63, 3.8) is 0 Å². The number of fused-ring (bicyclic) bond motifs is 9. The molecule has 0 aliphatic heterocycles. The third-order valence-corrected chi connectivity index (χ3v) is 12.8. The molecular formula is C54H34N2OS. The molecule has 0 spiro atoms. The van der Waals surface area contributed by atoms with Gasteiger partial charge in [0.1, 0.15) is 11.2 Å². The molecule has 0 aliphatic rings. The van der Waals surface area contributed by atoms with E-state index in [1.54, 1.807) is 0 Å². The number of hydrogen-bond acceptors (Lipinski definition) is 3. The van der Waals surface area contributed by atoms with Crippen LogP contribution in [0.25, 0.3) is 91.9 Å². The van der Waals surface area contributed by atoms with Crippen molar-refractivity contribution in [2.75, 3.05) is 4.90 Å². The molecule has 272 valence electrons. The first-order valence-electron chi connectivity index (χ1n) is 19.7. The molecule has 4 heteroatoms. The zero-order valence-corrected chi connectivity index (χ0v) is 32.2. The lowest BCUT2D eigenvalue weighted by molar-refractivity contribution is 0.669. The van der Waals surface area contributed by atoms with Crippen LogP contribution in [0, 0.1) is 0 Å². The highest BCUT2D eigenvalue weighted by Gasteiger charge is 2.24. The second-order valence-corrected chi connectivity index (χ2v) is 15.9. The van der Waals surface area contributed by atoms with Crippen molar-refractivity contribution in [3.8, 4) is 27.9 Å². The Kier molecular flexibility index (Phi) is 7.40. The molecule has 0 N–H and O–H groups in total. The Hall–Kier alpha value is -7.40. The maximum atomic E-state index is 6.51. The predicted octanol–water partition coefficient (Wildman–Crippen LogP) is 15.9. The summed E-state index contributed by atoms with van der Waals surface area (Å²) in [5, 5.41) is 7.17. The number of nitrogens with zero attached hydrogens (tertiary/aromatic N) is 2. The van der Waals surface area contributed by atoms with Gasteiger partial charge in [-0.2, -0.15) is 0 Å². The van der Waals surface area contributed by atoms with Gasteiger partial charge in [0, 0.05) is 47.7 Å². The molecule has 0 bridgehead atoms. The summed E-state index contributed by atoms with van der Waals surface area (Å²) in [7, 11) is 0. The van der Waals surface area contributed by atoms with E-state index in [0.717, 1.165) is 44.7 Å². The lowest BCUT2D eigenvalue weighted by Crippen LogP contribution is -2.11. The Morgan fingerprint density at radius 3 is 1.78 bits per heavy atom. The fourth-order valence-electron chi connectivity index (χ4n) is 9.01. The number of furan rings is 1. The quantitative estimate of drug-likeness (QED) is 0.168. The average molecular weight is 759 g/mol. The van der Waals surface area contributed by atoms with Gasteiger partial charge in [0.25, 0.3) is 0 Å². The highest BCUT2D eigenvalue weighted by Crippen LogP contribution is 2.51. The van der Waals surface area contributed by atoms with E-state index >= 15 is 0 Å². The predicted molar refractivity (Wildman–Crippen MR) is 247 cm³/mol. The van der Waals surface area contributed by atoms with Crippen LogP contribution in [-0.2, 0) is 0 Å². The molecule has 0 saturated carbocycles. The van der Waals surface area contributed by atoms with Crippen LogP contribution >= 0.6 is 11.3 Å². The molecule has 3 nitrogen and oxygen atoms in total. The van der Waals surface area contributed by atoms with Crippen LogP contribution in [0.5, 0.6) is 0 Å². The van der Waals surface area contributed by atoms with Crippen molar-refractivity contribution in [2.24, 2.45) is 0 Å². The highest BCUT2D eigenvalue weighted by molar-refractivity contribution is 7.26. The van der Waals surface area contributed by atoms with E-state index in [0.29, 0.717) is 0 Å². The SMILES string of the molecule is c1ccc(-c2ccc3c(c2)sc2c(-c4ccccc4)ccc(N(c4ccc(-n5c6ccccc6c6ccccc65)cc4)c4cccc5oc6ccccc6c45)c23)cc1. The van der Waals surface area contributed by atoms with E-state index in [1.165, 1.54) is 64.2 Å². The van der Waals surface area contributed by atoms with Crippen molar-refractivity contribution < 1.29 is 4.42 Å². The Bertz CT molecular complexity index is 3450. The first kappa shape index (κ1) is 32.8. The largest absolute Gasteiger partial charge is 0.456 e. The van der Waals surface area contributed by atoms with Crippen molar-refractivity contribution in [2.45, 2.75) is 0 Å². The summed E-state index contributed by atoms with van der Waals surface area (Å²) in [6.07, 6.45) is 0. The zero-order chi connectivity index (χ0) is 38.2. The molecule has 0 saturated heterocycles. The second-order valence-electron chi connectivity index (χ2n) is 14.9. The van der Waals surface area contributed by atoms with Crippen LogP contribution in [0.4, 0.5) is 17.1 Å². The number of benzene rings is 9. The second kappa shape index (κ2) is 13.1. The van der Waals surface area contributed by atoms with E-state index in [-0.39, 0.29) is 0 Å². The number of anilines is 3. The van der Waals surface area contributed by atoms with Gasteiger partial charge >= 0.3 is 0 Å². The lowest BCUT2D eigenvalue weighted by atomic mass is 9.98. The third-order valence-electron chi connectivity index (χ3n) is 11.6. The van der Waals surface area contributed by atoms with Crippen LogP contribution in [-0.4, -0.2) is 4.57 Å².